The number of benzene rings is 1. The van der Waals surface area contributed by atoms with Gasteiger partial charge in [0.05, 0.1) is 10.7 Å². The number of halogens is 1. The molecule has 0 atom stereocenters. The van der Waals surface area contributed by atoms with Gasteiger partial charge in [-0.1, -0.05) is 29.8 Å². The normalized spacial score (nSPS) is 10.9. The predicted molar refractivity (Wildman–Crippen MR) is 75.4 cm³/mol. The van der Waals surface area contributed by atoms with E-state index >= 15 is 0 Å². The third-order valence-electron chi connectivity index (χ3n) is 2.93. The first-order valence-electron chi connectivity index (χ1n) is 6.30. The van der Waals surface area contributed by atoms with Crippen molar-refractivity contribution >= 4 is 11.6 Å². The second-order valence-electron chi connectivity index (χ2n) is 4.44. The van der Waals surface area contributed by atoms with Crippen LogP contribution >= 0.6 is 11.6 Å². The lowest BCUT2D eigenvalue weighted by molar-refractivity contribution is 0.474. The van der Waals surface area contributed by atoms with Crippen LogP contribution in [0, 0.1) is 6.92 Å². The highest BCUT2D eigenvalue weighted by molar-refractivity contribution is 6.31. The number of aryl methyl sites for hydroxylation is 3. The molecule has 5 nitrogen and oxygen atoms in total. The summed E-state index contributed by atoms with van der Waals surface area (Å²) >= 11 is 5.96. The molecule has 0 amide bonds. The molecule has 0 aliphatic carbocycles. The summed E-state index contributed by atoms with van der Waals surface area (Å²) in [6.07, 6.45) is 2.42. The summed E-state index contributed by atoms with van der Waals surface area (Å²) < 4.78 is 7.41. The maximum absolute atomic E-state index is 5.96. The molecular formula is C14H13ClN4O. The van der Waals surface area contributed by atoms with Crippen molar-refractivity contribution in [3.63, 3.8) is 0 Å². The van der Waals surface area contributed by atoms with Gasteiger partial charge in [-0.25, -0.2) is 0 Å². The monoisotopic (exact) mass is 288 g/mol. The lowest BCUT2D eigenvalue weighted by atomic mass is 10.2. The Kier molecular flexibility index (Phi) is 3.52. The summed E-state index contributed by atoms with van der Waals surface area (Å²) in [5, 5.41) is 13.0. The van der Waals surface area contributed by atoms with Crippen LogP contribution in [0.15, 0.2) is 40.9 Å². The Hall–Kier alpha value is -2.14. The topological polar surface area (TPSA) is 56.7 Å². The first-order valence-corrected chi connectivity index (χ1v) is 6.67. The van der Waals surface area contributed by atoms with Crippen LogP contribution in [0.25, 0.3) is 11.5 Å². The molecule has 0 unspecified atom stereocenters. The summed E-state index contributed by atoms with van der Waals surface area (Å²) in [4.78, 5) is 0. The molecule has 0 saturated heterocycles. The smallest absolute Gasteiger partial charge is 0.247 e. The van der Waals surface area contributed by atoms with Crippen molar-refractivity contribution in [1.29, 1.82) is 0 Å². The van der Waals surface area contributed by atoms with E-state index in [1.165, 1.54) is 0 Å². The van der Waals surface area contributed by atoms with E-state index in [9.17, 15) is 0 Å². The molecule has 0 radical (unpaired) electrons. The molecule has 2 heterocycles. The van der Waals surface area contributed by atoms with Gasteiger partial charge in [-0.2, -0.15) is 5.10 Å². The molecule has 1 aromatic carbocycles. The fraction of sp³-hybridized carbons (Fsp3) is 0.214. The maximum atomic E-state index is 5.96. The molecule has 0 saturated carbocycles. The van der Waals surface area contributed by atoms with E-state index in [2.05, 4.69) is 15.3 Å². The molecule has 0 N–H and O–H groups in total. The minimum atomic E-state index is 0.537. The highest BCUT2D eigenvalue weighted by Crippen LogP contribution is 2.17. The van der Waals surface area contributed by atoms with Crippen molar-refractivity contribution in [2.75, 3.05) is 0 Å². The molecule has 0 fully saturated rings. The van der Waals surface area contributed by atoms with Gasteiger partial charge in [0.25, 0.3) is 0 Å². The van der Waals surface area contributed by atoms with E-state index in [4.69, 9.17) is 16.0 Å². The van der Waals surface area contributed by atoms with Crippen LogP contribution < -0.4 is 0 Å². The van der Waals surface area contributed by atoms with Crippen LogP contribution in [0.1, 0.15) is 11.6 Å². The van der Waals surface area contributed by atoms with Gasteiger partial charge in [0, 0.05) is 24.7 Å². The van der Waals surface area contributed by atoms with Crippen molar-refractivity contribution in [3.8, 4) is 11.5 Å². The van der Waals surface area contributed by atoms with Gasteiger partial charge in [0.15, 0.2) is 0 Å². The van der Waals surface area contributed by atoms with Gasteiger partial charge in [0.1, 0.15) is 0 Å². The van der Waals surface area contributed by atoms with Crippen molar-refractivity contribution in [2.45, 2.75) is 19.9 Å². The number of hydrogen-bond acceptors (Lipinski definition) is 4. The van der Waals surface area contributed by atoms with E-state index in [1.54, 1.807) is 10.9 Å². The summed E-state index contributed by atoms with van der Waals surface area (Å²) in [6.45, 7) is 2.53. The molecular weight excluding hydrogens is 276 g/mol. The van der Waals surface area contributed by atoms with Gasteiger partial charge in [-0.3, -0.25) is 4.68 Å². The van der Waals surface area contributed by atoms with E-state index in [-0.39, 0.29) is 0 Å². The van der Waals surface area contributed by atoms with Crippen LogP contribution in [0.3, 0.4) is 0 Å². The summed E-state index contributed by atoms with van der Waals surface area (Å²) in [7, 11) is 0. The van der Waals surface area contributed by atoms with Crippen molar-refractivity contribution in [2.24, 2.45) is 0 Å². The van der Waals surface area contributed by atoms with Gasteiger partial charge in [-0.15, -0.1) is 10.2 Å². The van der Waals surface area contributed by atoms with Crippen LogP contribution in [0.5, 0.6) is 0 Å². The first kappa shape index (κ1) is 12.9. The average molecular weight is 289 g/mol. The second-order valence-corrected chi connectivity index (χ2v) is 4.85. The van der Waals surface area contributed by atoms with E-state index in [0.29, 0.717) is 29.8 Å². The zero-order valence-corrected chi connectivity index (χ0v) is 11.7. The standard InChI is InChI=1S/C14H13ClN4O/c1-10-12(15)9-19(18-10)8-7-13-16-17-14(20-13)11-5-3-2-4-6-11/h2-6,9H,7-8H2,1H3. The highest BCUT2D eigenvalue weighted by Gasteiger charge is 2.09. The number of nitrogens with zero attached hydrogens (tertiary/aromatic N) is 4. The lowest BCUT2D eigenvalue weighted by Crippen LogP contribution is -2.02. The van der Waals surface area contributed by atoms with E-state index < -0.39 is 0 Å². The Labute approximate surface area is 121 Å². The Morgan fingerprint density at radius 3 is 2.70 bits per heavy atom. The maximum Gasteiger partial charge on any atom is 0.247 e. The van der Waals surface area contributed by atoms with Crippen LogP contribution in [-0.4, -0.2) is 20.0 Å². The Balaban J connectivity index is 1.69. The van der Waals surface area contributed by atoms with E-state index in [1.807, 2.05) is 37.3 Å². The van der Waals surface area contributed by atoms with Crippen LogP contribution in [0.4, 0.5) is 0 Å². The third kappa shape index (κ3) is 2.72. The highest BCUT2D eigenvalue weighted by atomic mass is 35.5. The molecule has 0 aliphatic rings. The zero-order valence-electron chi connectivity index (χ0n) is 11.0. The summed E-state index contributed by atoms with van der Waals surface area (Å²) in [5.74, 6) is 1.13. The van der Waals surface area contributed by atoms with Gasteiger partial charge in [-0.05, 0) is 19.1 Å². The van der Waals surface area contributed by atoms with Crippen LogP contribution in [-0.2, 0) is 13.0 Å². The quantitative estimate of drug-likeness (QED) is 0.740. The predicted octanol–water partition coefficient (Wildman–Crippen LogP) is 3.14. The van der Waals surface area contributed by atoms with Gasteiger partial charge < -0.3 is 4.42 Å². The molecule has 2 aromatic heterocycles. The zero-order chi connectivity index (χ0) is 13.9. The Bertz CT molecular complexity index is 686. The summed E-state index contributed by atoms with van der Waals surface area (Å²) in [5.41, 5.74) is 1.74. The van der Waals surface area contributed by atoms with Crippen molar-refractivity contribution in [1.82, 2.24) is 20.0 Å². The number of aromatic nitrogens is 4. The van der Waals surface area contributed by atoms with Crippen LogP contribution in [0.2, 0.25) is 5.02 Å². The molecule has 3 aromatic rings. The Morgan fingerprint density at radius 2 is 2.00 bits per heavy atom. The largest absolute Gasteiger partial charge is 0.421 e. The molecule has 0 aliphatic heterocycles. The summed E-state index contributed by atoms with van der Waals surface area (Å²) in [6, 6.07) is 9.70. The lowest BCUT2D eigenvalue weighted by Gasteiger charge is -1.97. The van der Waals surface area contributed by atoms with Crippen molar-refractivity contribution < 1.29 is 4.42 Å². The molecule has 0 bridgehead atoms. The minimum absolute atomic E-state index is 0.537. The van der Waals surface area contributed by atoms with Gasteiger partial charge in [0.2, 0.25) is 11.8 Å². The number of rotatable bonds is 4. The Morgan fingerprint density at radius 1 is 1.20 bits per heavy atom. The minimum Gasteiger partial charge on any atom is -0.421 e. The first-order chi connectivity index (χ1) is 9.72. The van der Waals surface area contributed by atoms with E-state index in [0.717, 1.165) is 11.3 Å². The molecule has 20 heavy (non-hydrogen) atoms. The molecule has 3 rings (SSSR count). The molecule has 6 heteroatoms. The second kappa shape index (κ2) is 5.46. The van der Waals surface area contributed by atoms with Gasteiger partial charge >= 0.3 is 0 Å². The SMILES string of the molecule is Cc1nn(CCc2nnc(-c3ccccc3)o2)cc1Cl. The molecule has 102 valence electrons. The fourth-order valence-corrected chi connectivity index (χ4v) is 2.02. The fourth-order valence-electron chi connectivity index (χ4n) is 1.87. The third-order valence-corrected chi connectivity index (χ3v) is 3.30. The van der Waals surface area contributed by atoms with Crippen molar-refractivity contribution in [3.05, 3.63) is 53.1 Å². The number of hydrogen-bond donors (Lipinski definition) is 0. The molecule has 0 spiro atoms. The average Bonchev–Trinajstić information content (AvgIpc) is 3.05.